The van der Waals surface area contributed by atoms with E-state index < -0.39 is 23.9 Å². The molecule has 1 aliphatic heterocycles. The first-order valence-electron chi connectivity index (χ1n) is 5.29. The monoisotopic (exact) mass is 224 g/mol. The second-order valence-corrected chi connectivity index (χ2v) is 4.32. The molecule has 0 bridgehead atoms. The van der Waals surface area contributed by atoms with Gasteiger partial charge in [-0.2, -0.15) is 0 Å². The van der Waals surface area contributed by atoms with Crippen molar-refractivity contribution < 1.29 is 20.1 Å². The molecular formula is C12H16O4. The predicted octanol–water partition coefficient (Wildman–Crippen LogP) is 0.231. The Bertz CT molecular complexity index is 349. The van der Waals surface area contributed by atoms with Crippen LogP contribution >= 0.6 is 0 Å². The van der Waals surface area contributed by atoms with Crippen LogP contribution in [0.25, 0.3) is 0 Å². The van der Waals surface area contributed by atoms with E-state index in [1.165, 1.54) is 6.92 Å². The number of aliphatic hydroxyl groups is 3. The van der Waals surface area contributed by atoms with Crippen LogP contribution in [0.1, 0.15) is 18.6 Å². The van der Waals surface area contributed by atoms with Crippen LogP contribution in [0.2, 0.25) is 0 Å². The van der Waals surface area contributed by atoms with Gasteiger partial charge in [-0.25, -0.2) is 0 Å². The maximum atomic E-state index is 10.2. The molecule has 0 saturated carbocycles. The fourth-order valence-corrected chi connectivity index (χ4v) is 2.11. The van der Waals surface area contributed by atoms with E-state index in [1.807, 2.05) is 30.3 Å². The first kappa shape index (κ1) is 11.5. The van der Waals surface area contributed by atoms with Crippen molar-refractivity contribution in [1.82, 2.24) is 0 Å². The van der Waals surface area contributed by atoms with E-state index in [2.05, 4.69) is 0 Å². The van der Waals surface area contributed by atoms with Crippen LogP contribution in [0.4, 0.5) is 0 Å². The number of ether oxygens (including phenoxy) is 1. The average Bonchev–Trinajstić information content (AvgIpc) is 2.52. The standard InChI is InChI=1S/C12H16O4/c1-12(15)10(14)9(7-13)16-11(12)8-5-3-2-4-6-8/h2-6,9-11,13-15H,7H2,1H3/t9-,10-,11+,12-/m1/s1. The van der Waals surface area contributed by atoms with E-state index in [-0.39, 0.29) is 6.61 Å². The number of rotatable bonds is 2. The lowest BCUT2D eigenvalue weighted by Crippen LogP contribution is -2.42. The van der Waals surface area contributed by atoms with Crippen molar-refractivity contribution in [3.8, 4) is 0 Å². The molecule has 16 heavy (non-hydrogen) atoms. The SMILES string of the molecule is C[C@@]1(O)[C@H](O)[C@@H](CO)O[C@H]1c1ccccc1. The van der Waals surface area contributed by atoms with Crippen LogP contribution in [0.15, 0.2) is 30.3 Å². The van der Waals surface area contributed by atoms with Gasteiger partial charge in [0.1, 0.15) is 23.9 Å². The molecule has 1 aromatic carbocycles. The zero-order chi connectivity index (χ0) is 11.8. The largest absolute Gasteiger partial charge is 0.394 e. The highest BCUT2D eigenvalue weighted by atomic mass is 16.6. The first-order valence-corrected chi connectivity index (χ1v) is 5.29. The van der Waals surface area contributed by atoms with Gasteiger partial charge in [0.25, 0.3) is 0 Å². The molecule has 1 heterocycles. The summed E-state index contributed by atoms with van der Waals surface area (Å²) in [6.07, 6.45) is -2.43. The molecular weight excluding hydrogens is 208 g/mol. The number of hydrogen-bond acceptors (Lipinski definition) is 4. The maximum absolute atomic E-state index is 10.2. The molecule has 1 aliphatic rings. The van der Waals surface area contributed by atoms with E-state index in [1.54, 1.807) is 0 Å². The molecule has 88 valence electrons. The summed E-state index contributed by atoms with van der Waals surface area (Å²) < 4.78 is 5.47. The van der Waals surface area contributed by atoms with Gasteiger partial charge in [0.15, 0.2) is 0 Å². The lowest BCUT2D eigenvalue weighted by molar-refractivity contribution is -0.0645. The molecule has 1 saturated heterocycles. The Morgan fingerprint density at radius 3 is 2.44 bits per heavy atom. The van der Waals surface area contributed by atoms with Gasteiger partial charge in [-0.1, -0.05) is 30.3 Å². The van der Waals surface area contributed by atoms with Gasteiger partial charge in [0, 0.05) is 0 Å². The van der Waals surface area contributed by atoms with Gasteiger partial charge in [-0.15, -0.1) is 0 Å². The van der Waals surface area contributed by atoms with Gasteiger partial charge in [-0.3, -0.25) is 0 Å². The molecule has 4 heteroatoms. The summed E-state index contributed by atoms with van der Waals surface area (Å²) in [6.45, 7) is 1.21. The highest BCUT2D eigenvalue weighted by Crippen LogP contribution is 2.41. The molecule has 1 fully saturated rings. The van der Waals surface area contributed by atoms with Crippen molar-refractivity contribution in [2.75, 3.05) is 6.61 Å². The molecule has 2 rings (SSSR count). The van der Waals surface area contributed by atoms with Crippen molar-refractivity contribution in [2.24, 2.45) is 0 Å². The Morgan fingerprint density at radius 2 is 1.94 bits per heavy atom. The third-order valence-corrected chi connectivity index (χ3v) is 3.07. The second kappa shape index (κ2) is 4.14. The van der Waals surface area contributed by atoms with Crippen molar-refractivity contribution in [1.29, 1.82) is 0 Å². The van der Waals surface area contributed by atoms with E-state index in [0.717, 1.165) is 5.56 Å². The zero-order valence-corrected chi connectivity index (χ0v) is 9.08. The Morgan fingerprint density at radius 1 is 1.31 bits per heavy atom. The minimum Gasteiger partial charge on any atom is -0.394 e. The zero-order valence-electron chi connectivity index (χ0n) is 9.08. The molecule has 0 aliphatic carbocycles. The third-order valence-electron chi connectivity index (χ3n) is 3.07. The molecule has 0 spiro atoms. The van der Waals surface area contributed by atoms with Gasteiger partial charge >= 0.3 is 0 Å². The van der Waals surface area contributed by atoms with E-state index in [9.17, 15) is 10.2 Å². The van der Waals surface area contributed by atoms with Gasteiger partial charge in [0.2, 0.25) is 0 Å². The Kier molecular flexibility index (Phi) is 2.99. The van der Waals surface area contributed by atoms with Crippen LogP contribution in [0.5, 0.6) is 0 Å². The van der Waals surface area contributed by atoms with Gasteiger partial charge in [0.05, 0.1) is 6.61 Å². The van der Waals surface area contributed by atoms with E-state index in [0.29, 0.717) is 0 Å². The molecule has 0 radical (unpaired) electrons. The Hall–Kier alpha value is -0.940. The van der Waals surface area contributed by atoms with Crippen LogP contribution < -0.4 is 0 Å². The molecule has 0 amide bonds. The third kappa shape index (κ3) is 1.74. The minimum atomic E-state index is -1.38. The van der Waals surface area contributed by atoms with Gasteiger partial charge in [-0.05, 0) is 12.5 Å². The fourth-order valence-electron chi connectivity index (χ4n) is 2.11. The molecule has 0 unspecified atom stereocenters. The summed E-state index contributed by atoms with van der Waals surface area (Å²) in [6, 6.07) is 9.20. The summed E-state index contributed by atoms with van der Waals surface area (Å²) in [5, 5.41) is 29.0. The quantitative estimate of drug-likeness (QED) is 0.672. The summed E-state index contributed by atoms with van der Waals surface area (Å²) in [5.74, 6) is 0. The molecule has 4 nitrogen and oxygen atoms in total. The molecule has 1 aromatic rings. The normalized spacial score (nSPS) is 38.9. The number of aliphatic hydroxyl groups excluding tert-OH is 2. The minimum absolute atomic E-state index is 0.305. The molecule has 3 N–H and O–H groups in total. The Balaban J connectivity index is 2.30. The van der Waals surface area contributed by atoms with Crippen molar-refractivity contribution in [2.45, 2.75) is 30.8 Å². The number of benzene rings is 1. The van der Waals surface area contributed by atoms with Crippen molar-refractivity contribution in [3.05, 3.63) is 35.9 Å². The second-order valence-electron chi connectivity index (χ2n) is 4.32. The summed E-state index contributed by atoms with van der Waals surface area (Å²) >= 11 is 0. The van der Waals surface area contributed by atoms with Gasteiger partial charge < -0.3 is 20.1 Å². The first-order chi connectivity index (χ1) is 7.57. The smallest absolute Gasteiger partial charge is 0.121 e. The highest BCUT2D eigenvalue weighted by molar-refractivity contribution is 5.23. The Labute approximate surface area is 94.1 Å². The van der Waals surface area contributed by atoms with Crippen molar-refractivity contribution >= 4 is 0 Å². The average molecular weight is 224 g/mol. The lowest BCUT2D eigenvalue weighted by atomic mass is 9.89. The van der Waals surface area contributed by atoms with E-state index >= 15 is 0 Å². The summed E-state index contributed by atoms with van der Waals surface area (Å²) in [4.78, 5) is 0. The lowest BCUT2D eigenvalue weighted by Gasteiger charge is -2.26. The van der Waals surface area contributed by atoms with E-state index in [4.69, 9.17) is 9.84 Å². The van der Waals surface area contributed by atoms with Crippen LogP contribution in [0.3, 0.4) is 0 Å². The maximum Gasteiger partial charge on any atom is 0.121 e. The van der Waals surface area contributed by atoms with Crippen LogP contribution in [-0.4, -0.2) is 39.7 Å². The molecule has 0 aromatic heterocycles. The number of hydrogen-bond donors (Lipinski definition) is 3. The highest BCUT2D eigenvalue weighted by Gasteiger charge is 2.52. The predicted molar refractivity (Wildman–Crippen MR) is 57.8 cm³/mol. The van der Waals surface area contributed by atoms with Crippen LogP contribution in [-0.2, 0) is 4.74 Å². The van der Waals surface area contributed by atoms with Crippen molar-refractivity contribution in [3.63, 3.8) is 0 Å². The van der Waals surface area contributed by atoms with Crippen LogP contribution in [0, 0.1) is 0 Å². The fraction of sp³-hybridized carbons (Fsp3) is 0.500. The molecule has 4 atom stereocenters. The summed E-state index contributed by atoms with van der Waals surface area (Å²) in [7, 11) is 0. The summed E-state index contributed by atoms with van der Waals surface area (Å²) in [5.41, 5.74) is -0.586. The topological polar surface area (TPSA) is 69.9 Å².